The third-order valence-corrected chi connectivity index (χ3v) is 12.0. The fraction of sp³-hybridized carbons (Fsp3) is 0.310. The average molecular weight is 893 g/mol. The molecule has 348 valence electrons. The number of hydrogen-bond donors (Lipinski definition) is 4. The highest BCUT2D eigenvalue weighted by atomic mass is 16.5. The molecule has 0 unspecified atom stereocenters. The Hall–Kier alpha value is -6.16. The molecule has 0 bridgehead atoms. The molecule has 8 nitrogen and oxygen atoms in total. The van der Waals surface area contributed by atoms with Gasteiger partial charge in [0.25, 0.3) is 0 Å². The van der Waals surface area contributed by atoms with Crippen LogP contribution in [-0.4, -0.2) is 74.3 Å². The largest absolute Gasteiger partial charge is 0.493 e. The van der Waals surface area contributed by atoms with Gasteiger partial charge in [0.05, 0.1) is 25.4 Å². The van der Waals surface area contributed by atoms with Gasteiger partial charge in [0.2, 0.25) is 0 Å². The van der Waals surface area contributed by atoms with Crippen molar-refractivity contribution < 1.29 is 39.4 Å². The lowest BCUT2D eigenvalue weighted by Crippen LogP contribution is -2.30. The highest BCUT2D eigenvalue weighted by Gasteiger charge is 2.24. The van der Waals surface area contributed by atoms with Gasteiger partial charge in [-0.25, -0.2) is 0 Å². The van der Waals surface area contributed by atoms with Crippen LogP contribution in [0, 0.1) is 11.8 Å². The van der Waals surface area contributed by atoms with E-state index < -0.39 is 0 Å². The number of rotatable bonds is 10. The van der Waals surface area contributed by atoms with Crippen LogP contribution in [0.15, 0.2) is 170 Å². The van der Waals surface area contributed by atoms with E-state index in [4.69, 9.17) is 39.4 Å². The smallest absolute Gasteiger partial charge is 0.120 e. The number of benzene rings is 8. The third kappa shape index (κ3) is 14.9. The van der Waals surface area contributed by atoms with Crippen molar-refractivity contribution in [1.82, 2.24) is 0 Å². The van der Waals surface area contributed by atoms with Crippen LogP contribution in [0.4, 0.5) is 0 Å². The molecule has 2 fully saturated rings. The Morgan fingerprint density at radius 2 is 0.545 bits per heavy atom. The zero-order valence-corrected chi connectivity index (χ0v) is 39.0. The zero-order valence-electron chi connectivity index (χ0n) is 39.0. The van der Waals surface area contributed by atoms with E-state index in [-0.39, 0.29) is 12.2 Å². The standard InChI is InChI=1S/C28H28O2.C26H24O2.4CH4O/c1-3-7-25-17-27(15-13-23(25)5-1)29-19-21-9-11-22(12-10-21)20-30-28-16-14-24-6-2-4-8-26(24)18-28;1-3-7-21-17-25(11-9-19(21)5-1)27-23-13-15-24(16-14-23)28-26-12-10-20-6-2-4-8-22(20)18-26;4*1-2/h1-8,13-18,21-22H,9-12,19-20H2;1-12,17-18,23-24H,13-16H2;4*2H,1H3. The minimum Gasteiger partial charge on any atom is -0.493 e. The normalized spacial score (nSPS) is 17.3. The Kier molecular flexibility index (Phi) is 21.6. The molecule has 4 N–H and O–H groups in total. The van der Waals surface area contributed by atoms with Crippen molar-refractivity contribution in [2.75, 3.05) is 41.7 Å². The lowest BCUT2D eigenvalue weighted by molar-refractivity contribution is 0.0808. The van der Waals surface area contributed by atoms with Crippen molar-refractivity contribution in [3.63, 3.8) is 0 Å². The Morgan fingerprint density at radius 1 is 0.303 bits per heavy atom. The monoisotopic (exact) mass is 892 g/mol. The fourth-order valence-electron chi connectivity index (χ4n) is 8.64. The molecule has 0 atom stereocenters. The first kappa shape index (κ1) is 50.8. The van der Waals surface area contributed by atoms with E-state index in [2.05, 4.69) is 170 Å². The van der Waals surface area contributed by atoms with E-state index in [0.29, 0.717) is 11.8 Å². The predicted molar refractivity (Wildman–Crippen MR) is 272 cm³/mol. The van der Waals surface area contributed by atoms with E-state index in [1.165, 1.54) is 68.8 Å². The lowest BCUT2D eigenvalue weighted by Gasteiger charge is -2.29. The van der Waals surface area contributed by atoms with Crippen LogP contribution >= 0.6 is 0 Å². The summed E-state index contributed by atoms with van der Waals surface area (Å²) < 4.78 is 24.8. The van der Waals surface area contributed by atoms with Gasteiger partial charge in [0, 0.05) is 28.4 Å². The molecule has 2 saturated carbocycles. The van der Waals surface area contributed by atoms with Crippen molar-refractivity contribution in [2.24, 2.45) is 11.8 Å². The second-order valence-electron chi connectivity index (χ2n) is 16.2. The van der Waals surface area contributed by atoms with Crippen molar-refractivity contribution in [1.29, 1.82) is 0 Å². The maximum atomic E-state index is 7.00. The first-order chi connectivity index (χ1) is 32.7. The van der Waals surface area contributed by atoms with Crippen LogP contribution in [0.1, 0.15) is 51.4 Å². The molecule has 10 rings (SSSR count). The average Bonchev–Trinajstić information content (AvgIpc) is 3.40. The SMILES string of the molecule is CO.CO.CO.CO.c1ccc2cc(OC3CCC(Oc4ccc5ccccc5c4)CC3)ccc2c1.c1ccc2cc(OCC3CCC(COc4ccc5ccccc5c4)CC3)ccc2c1. The molecule has 0 spiro atoms. The van der Waals surface area contributed by atoms with Gasteiger partial charge in [0.15, 0.2) is 0 Å². The number of ether oxygens (including phenoxy) is 4. The van der Waals surface area contributed by atoms with Crippen LogP contribution < -0.4 is 18.9 Å². The molecule has 0 aromatic heterocycles. The lowest BCUT2D eigenvalue weighted by atomic mass is 9.83. The topological polar surface area (TPSA) is 118 Å². The molecule has 0 radical (unpaired) electrons. The second-order valence-corrected chi connectivity index (χ2v) is 16.2. The summed E-state index contributed by atoms with van der Waals surface area (Å²) in [7, 11) is 4.00. The van der Waals surface area contributed by atoms with Crippen molar-refractivity contribution in [3.05, 3.63) is 170 Å². The van der Waals surface area contributed by atoms with Crippen molar-refractivity contribution >= 4 is 43.1 Å². The summed E-state index contributed by atoms with van der Waals surface area (Å²) >= 11 is 0. The highest BCUT2D eigenvalue weighted by Crippen LogP contribution is 2.32. The Balaban J connectivity index is 0.000000216. The van der Waals surface area contributed by atoms with Crippen LogP contribution in [-0.2, 0) is 0 Å². The molecule has 8 heteroatoms. The quantitative estimate of drug-likeness (QED) is 0.107. The maximum Gasteiger partial charge on any atom is 0.120 e. The van der Waals surface area contributed by atoms with Gasteiger partial charge >= 0.3 is 0 Å². The van der Waals surface area contributed by atoms with Crippen LogP contribution in [0.25, 0.3) is 43.1 Å². The van der Waals surface area contributed by atoms with E-state index in [0.717, 1.165) is 90.3 Å². The zero-order chi connectivity index (χ0) is 46.9. The Labute approximate surface area is 391 Å². The van der Waals surface area contributed by atoms with Crippen molar-refractivity contribution in [2.45, 2.75) is 63.6 Å². The Morgan fingerprint density at radius 3 is 0.833 bits per heavy atom. The summed E-state index contributed by atoms with van der Waals surface area (Å²) in [6.45, 7) is 1.63. The number of aliphatic hydroxyl groups is 4. The highest BCUT2D eigenvalue weighted by molar-refractivity contribution is 5.86. The van der Waals surface area contributed by atoms with E-state index in [1.807, 2.05) is 0 Å². The third-order valence-electron chi connectivity index (χ3n) is 12.0. The summed E-state index contributed by atoms with van der Waals surface area (Å²) in [6, 6.07) is 59.2. The Bertz CT molecular complexity index is 2410. The van der Waals surface area contributed by atoms with E-state index in [9.17, 15) is 0 Å². The fourth-order valence-corrected chi connectivity index (χ4v) is 8.64. The molecule has 2 aliphatic carbocycles. The maximum absolute atomic E-state index is 7.00. The van der Waals surface area contributed by atoms with Crippen LogP contribution in [0.5, 0.6) is 23.0 Å². The molecule has 66 heavy (non-hydrogen) atoms. The summed E-state index contributed by atoms with van der Waals surface area (Å²) in [5.41, 5.74) is 0. The summed E-state index contributed by atoms with van der Waals surface area (Å²) in [5, 5.41) is 38.0. The minimum absolute atomic E-state index is 0.276. The first-order valence-corrected chi connectivity index (χ1v) is 23.0. The summed E-state index contributed by atoms with van der Waals surface area (Å²) in [5.74, 6) is 5.20. The molecule has 0 saturated heterocycles. The number of hydrogen-bond acceptors (Lipinski definition) is 8. The predicted octanol–water partition coefficient (Wildman–Crippen LogP) is 12.5. The molecular formula is C58H68O8. The van der Waals surface area contributed by atoms with Crippen LogP contribution in [0.3, 0.4) is 0 Å². The molecule has 0 aliphatic heterocycles. The molecule has 0 amide bonds. The van der Waals surface area contributed by atoms with Gasteiger partial charge in [0.1, 0.15) is 23.0 Å². The van der Waals surface area contributed by atoms with Gasteiger partial charge < -0.3 is 39.4 Å². The van der Waals surface area contributed by atoms with Crippen molar-refractivity contribution in [3.8, 4) is 23.0 Å². The van der Waals surface area contributed by atoms with Crippen LogP contribution in [0.2, 0.25) is 0 Å². The molecule has 2 aliphatic rings. The molecule has 8 aromatic carbocycles. The van der Waals surface area contributed by atoms with E-state index in [1.54, 1.807) is 0 Å². The van der Waals surface area contributed by atoms with E-state index >= 15 is 0 Å². The molecular weight excluding hydrogens is 825 g/mol. The second kappa shape index (κ2) is 28.0. The number of aliphatic hydroxyl groups excluding tert-OH is 4. The number of fused-ring (bicyclic) bond motifs is 4. The van der Waals surface area contributed by atoms with Gasteiger partial charge in [-0.05, 0) is 155 Å². The molecule has 0 heterocycles. The summed E-state index contributed by atoms with van der Waals surface area (Å²) in [6.07, 6.45) is 9.57. The van der Waals surface area contributed by atoms with Gasteiger partial charge in [-0.15, -0.1) is 0 Å². The minimum atomic E-state index is 0.276. The molecule has 8 aromatic rings. The van der Waals surface area contributed by atoms with Gasteiger partial charge in [-0.2, -0.15) is 0 Å². The van der Waals surface area contributed by atoms with Gasteiger partial charge in [-0.1, -0.05) is 121 Å². The first-order valence-electron chi connectivity index (χ1n) is 23.0. The van der Waals surface area contributed by atoms with Gasteiger partial charge in [-0.3, -0.25) is 0 Å². The summed E-state index contributed by atoms with van der Waals surface area (Å²) in [4.78, 5) is 0.